The summed E-state index contributed by atoms with van der Waals surface area (Å²) in [6.07, 6.45) is 1.07. The lowest BCUT2D eigenvalue weighted by Crippen LogP contribution is -2.50. The lowest BCUT2D eigenvalue weighted by molar-refractivity contribution is -0.139. The van der Waals surface area contributed by atoms with E-state index in [-0.39, 0.29) is 12.5 Å². The van der Waals surface area contributed by atoms with Gasteiger partial charge in [0.2, 0.25) is 21.8 Å². The zero-order valence-electron chi connectivity index (χ0n) is 19.6. The van der Waals surface area contributed by atoms with E-state index in [9.17, 15) is 18.0 Å². The number of likely N-dealkylation sites (N-methyl/N-ethyl adjacent to an activating group) is 1. The van der Waals surface area contributed by atoms with Crippen LogP contribution in [0.1, 0.15) is 43.4 Å². The number of benzene rings is 2. The van der Waals surface area contributed by atoms with Crippen molar-refractivity contribution >= 4 is 27.5 Å². The van der Waals surface area contributed by atoms with Crippen molar-refractivity contribution in [3.63, 3.8) is 0 Å². The Kier molecular flexibility index (Phi) is 8.44. The molecule has 0 heterocycles. The molecule has 0 radical (unpaired) electrons. The Morgan fingerprint density at radius 3 is 2.09 bits per heavy atom. The van der Waals surface area contributed by atoms with E-state index in [4.69, 9.17) is 0 Å². The highest BCUT2D eigenvalue weighted by molar-refractivity contribution is 7.92. The molecule has 7 nitrogen and oxygen atoms in total. The fourth-order valence-electron chi connectivity index (χ4n) is 3.40. The zero-order valence-corrected chi connectivity index (χ0v) is 20.4. The molecule has 1 N–H and O–H groups in total. The van der Waals surface area contributed by atoms with Crippen LogP contribution < -0.4 is 9.62 Å². The van der Waals surface area contributed by atoms with E-state index in [1.54, 1.807) is 19.1 Å². The first kappa shape index (κ1) is 25.4. The fraction of sp³-hybridized carbons (Fsp3) is 0.417. The first-order valence-electron chi connectivity index (χ1n) is 10.6. The summed E-state index contributed by atoms with van der Waals surface area (Å²) in [5, 5.41) is 2.57. The highest BCUT2D eigenvalue weighted by Gasteiger charge is 2.29. The van der Waals surface area contributed by atoms with Gasteiger partial charge < -0.3 is 10.2 Å². The lowest BCUT2D eigenvalue weighted by atomic mass is 10.0. The number of anilines is 1. The Bertz CT molecular complexity index is 1050. The van der Waals surface area contributed by atoms with E-state index in [0.29, 0.717) is 11.6 Å². The van der Waals surface area contributed by atoms with Crippen molar-refractivity contribution in [3.8, 4) is 0 Å². The van der Waals surface area contributed by atoms with Crippen molar-refractivity contribution in [3.05, 3.63) is 65.2 Å². The number of nitrogens with zero attached hydrogens (tertiary/aromatic N) is 2. The van der Waals surface area contributed by atoms with Crippen molar-refractivity contribution in [2.45, 2.75) is 46.2 Å². The third-order valence-electron chi connectivity index (χ3n) is 5.54. The second-order valence-electron chi connectivity index (χ2n) is 8.25. The second-order valence-corrected chi connectivity index (χ2v) is 10.2. The second kappa shape index (κ2) is 10.6. The van der Waals surface area contributed by atoms with E-state index in [0.717, 1.165) is 27.3 Å². The third kappa shape index (κ3) is 6.32. The van der Waals surface area contributed by atoms with Crippen LogP contribution >= 0.6 is 0 Å². The summed E-state index contributed by atoms with van der Waals surface area (Å²) in [4.78, 5) is 27.1. The maximum absolute atomic E-state index is 13.4. The van der Waals surface area contributed by atoms with Gasteiger partial charge in [-0.05, 0) is 48.6 Å². The van der Waals surface area contributed by atoms with Crippen molar-refractivity contribution in [1.82, 2.24) is 10.2 Å². The molecule has 174 valence electrons. The summed E-state index contributed by atoms with van der Waals surface area (Å²) < 4.78 is 26.2. The minimum Gasteiger partial charge on any atom is -0.357 e. The molecule has 2 rings (SSSR count). The average Bonchev–Trinajstić information content (AvgIpc) is 2.75. The molecule has 0 saturated heterocycles. The molecule has 0 saturated carbocycles. The summed E-state index contributed by atoms with van der Waals surface area (Å²) in [5.41, 5.74) is 3.36. The molecular weight excluding hydrogens is 426 g/mol. The molecule has 0 spiro atoms. The number of hydrogen-bond donors (Lipinski definition) is 1. The van der Waals surface area contributed by atoms with Crippen LogP contribution in [0.3, 0.4) is 0 Å². The molecule has 0 aliphatic rings. The maximum atomic E-state index is 13.4. The first-order valence-corrected chi connectivity index (χ1v) is 12.4. The summed E-state index contributed by atoms with van der Waals surface area (Å²) in [5.74, 6) is -0.475. The molecule has 0 fully saturated rings. The number of rotatable bonds is 9. The highest BCUT2D eigenvalue weighted by Crippen LogP contribution is 2.23. The molecule has 2 aromatic carbocycles. The van der Waals surface area contributed by atoms with Crippen molar-refractivity contribution < 1.29 is 18.0 Å². The van der Waals surface area contributed by atoms with E-state index in [1.807, 2.05) is 43.3 Å². The molecule has 0 aliphatic heterocycles. The Morgan fingerprint density at radius 1 is 1.00 bits per heavy atom. The van der Waals surface area contributed by atoms with E-state index in [1.165, 1.54) is 11.9 Å². The van der Waals surface area contributed by atoms with Gasteiger partial charge in [0.05, 0.1) is 11.9 Å². The fourth-order valence-corrected chi connectivity index (χ4v) is 4.25. The van der Waals surface area contributed by atoms with Crippen molar-refractivity contribution in [1.29, 1.82) is 0 Å². The molecule has 2 amide bonds. The summed E-state index contributed by atoms with van der Waals surface area (Å²) >= 11 is 0. The van der Waals surface area contributed by atoms with Gasteiger partial charge in [0, 0.05) is 13.6 Å². The van der Waals surface area contributed by atoms with Gasteiger partial charge in [-0.1, -0.05) is 50.2 Å². The van der Waals surface area contributed by atoms with E-state index in [2.05, 4.69) is 19.2 Å². The predicted molar refractivity (Wildman–Crippen MR) is 128 cm³/mol. The monoisotopic (exact) mass is 459 g/mol. The Morgan fingerprint density at radius 2 is 1.59 bits per heavy atom. The predicted octanol–water partition coefficient (Wildman–Crippen LogP) is 3.05. The molecular formula is C24H33N3O4S. The molecule has 1 atom stereocenters. The third-order valence-corrected chi connectivity index (χ3v) is 6.68. The summed E-state index contributed by atoms with van der Waals surface area (Å²) in [6.45, 7) is 7.48. The smallest absolute Gasteiger partial charge is 0.244 e. The van der Waals surface area contributed by atoms with Gasteiger partial charge in [-0.15, -0.1) is 0 Å². The minimum absolute atomic E-state index is 0.198. The Hall–Kier alpha value is -2.87. The average molecular weight is 460 g/mol. The number of nitrogens with one attached hydrogen (secondary N) is 1. The summed E-state index contributed by atoms with van der Waals surface area (Å²) in [6, 6.07) is 14.0. The Labute approximate surface area is 191 Å². The molecule has 32 heavy (non-hydrogen) atoms. The van der Waals surface area contributed by atoms with Crippen LogP contribution in [0, 0.1) is 6.92 Å². The van der Waals surface area contributed by atoms with Crippen LogP contribution in [-0.4, -0.2) is 51.0 Å². The van der Waals surface area contributed by atoms with Crippen molar-refractivity contribution in [2.75, 3.05) is 24.2 Å². The van der Waals surface area contributed by atoms with Gasteiger partial charge >= 0.3 is 0 Å². The van der Waals surface area contributed by atoms with E-state index >= 15 is 0 Å². The van der Waals surface area contributed by atoms with Crippen LogP contribution in [0.4, 0.5) is 5.69 Å². The van der Waals surface area contributed by atoms with E-state index < -0.39 is 28.5 Å². The number of hydrogen-bond acceptors (Lipinski definition) is 4. The van der Waals surface area contributed by atoms with Gasteiger partial charge in [0.15, 0.2) is 0 Å². The lowest BCUT2D eigenvalue weighted by Gasteiger charge is -2.31. The number of aryl methyl sites for hydroxylation is 1. The number of carbonyl (C=O) groups excluding carboxylic acids is 2. The minimum atomic E-state index is -3.73. The molecule has 0 aliphatic carbocycles. The normalized spacial score (nSPS) is 12.3. The number of carbonyl (C=O) groups is 2. The van der Waals surface area contributed by atoms with Crippen molar-refractivity contribution in [2.24, 2.45) is 0 Å². The highest BCUT2D eigenvalue weighted by atomic mass is 32.2. The maximum Gasteiger partial charge on any atom is 0.244 e. The molecule has 0 bridgehead atoms. The van der Waals surface area contributed by atoms with Crippen LogP contribution in [-0.2, 0) is 26.2 Å². The first-order chi connectivity index (χ1) is 15.0. The van der Waals surface area contributed by atoms with Gasteiger partial charge in [-0.25, -0.2) is 8.42 Å². The number of sulfonamides is 1. The topological polar surface area (TPSA) is 86.8 Å². The molecule has 2 aromatic rings. The zero-order chi connectivity index (χ0) is 24.1. The quantitative estimate of drug-likeness (QED) is 0.624. The van der Waals surface area contributed by atoms with Crippen LogP contribution in [0.15, 0.2) is 48.5 Å². The molecule has 0 unspecified atom stereocenters. The van der Waals surface area contributed by atoms with Gasteiger partial charge in [0.1, 0.15) is 12.6 Å². The SMILES string of the molecule is CNC(=O)[C@@H](C)N(Cc1ccccc1C)C(=O)CN(c1ccc(C(C)C)cc1)S(C)(=O)=O. The standard InChI is InChI=1S/C24H33N3O4S/c1-17(2)20-11-13-22(14-12-20)27(32(6,30)31)16-23(28)26(19(4)24(29)25-5)15-21-10-8-7-9-18(21)3/h7-14,17,19H,15-16H2,1-6H3,(H,25,29)/t19-/m1/s1. The number of amides is 2. The summed E-state index contributed by atoms with van der Waals surface area (Å²) in [7, 11) is -2.22. The molecule has 8 heteroatoms. The van der Waals surface area contributed by atoms with Crippen LogP contribution in [0.25, 0.3) is 0 Å². The largest absolute Gasteiger partial charge is 0.357 e. The van der Waals surface area contributed by atoms with Gasteiger partial charge in [0.25, 0.3) is 0 Å². The van der Waals surface area contributed by atoms with Crippen LogP contribution in [0.5, 0.6) is 0 Å². The van der Waals surface area contributed by atoms with Crippen LogP contribution in [0.2, 0.25) is 0 Å². The van der Waals surface area contributed by atoms with Gasteiger partial charge in [-0.2, -0.15) is 0 Å². The van der Waals surface area contributed by atoms with Gasteiger partial charge in [-0.3, -0.25) is 13.9 Å². The molecule has 0 aromatic heterocycles. The Balaban J connectivity index is 2.38.